The molecule has 2 atom stereocenters. The topological polar surface area (TPSA) is 40.5 Å². The van der Waals surface area contributed by atoms with E-state index in [1.807, 2.05) is 0 Å². The van der Waals surface area contributed by atoms with Crippen LogP contribution in [0.2, 0.25) is 5.02 Å². The Morgan fingerprint density at radius 2 is 2.33 bits per heavy atom. The van der Waals surface area contributed by atoms with Crippen LogP contribution >= 0.6 is 11.6 Å². The van der Waals surface area contributed by atoms with E-state index >= 15 is 0 Å². The van der Waals surface area contributed by atoms with E-state index in [4.69, 9.17) is 16.7 Å². The van der Waals surface area contributed by atoms with Gasteiger partial charge in [-0.05, 0) is 56.3 Å². The van der Waals surface area contributed by atoms with Gasteiger partial charge in [-0.2, -0.15) is 0 Å². The van der Waals surface area contributed by atoms with Crippen molar-refractivity contribution in [3.63, 3.8) is 0 Å². The predicted molar refractivity (Wildman–Crippen MR) is 81.0 cm³/mol. The summed E-state index contributed by atoms with van der Waals surface area (Å²) >= 11 is 6.14. The van der Waals surface area contributed by atoms with Crippen molar-refractivity contribution in [3.05, 3.63) is 34.6 Å². The summed E-state index contributed by atoms with van der Waals surface area (Å²) in [5, 5.41) is 9.25. The summed E-state index contributed by atoms with van der Waals surface area (Å²) in [5.74, 6) is -0.646. The first-order chi connectivity index (χ1) is 9.97. The van der Waals surface area contributed by atoms with E-state index in [2.05, 4.69) is 11.8 Å². The van der Waals surface area contributed by atoms with E-state index < -0.39 is 5.97 Å². The Balaban J connectivity index is 2.01. The third-order valence-corrected chi connectivity index (χ3v) is 4.60. The van der Waals surface area contributed by atoms with Crippen LogP contribution < -0.4 is 0 Å². The average molecular weight is 314 g/mol. The lowest BCUT2D eigenvalue weighted by Gasteiger charge is -2.37. The van der Waals surface area contributed by atoms with Crippen LogP contribution in [0.3, 0.4) is 0 Å². The first kappa shape index (κ1) is 16.2. The third-order valence-electron chi connectivity index (χ3n) is 4.28. The Bertz CT molecular complexity index is 509. The maximum absolute atomic E-state index is 13.1. The standard InChI is InChI=1S/C16H21ClFNO2/c1-11(14-6-5-13(18)9-15(14)17)19-8-2-3-12(10-19)4-7-16(20)21/h5-6,9,11-12H,2-4,7-8,10H2,1H3,(H,20,21). The first-order valence-electron chi connectivity index (χ1n) is 7.38. The fourth-order valence-corrected chi connectivity index (χ4v) is 3.37. The molecule has 0 aliphatic carbocycles. The summed E-state index contributed by atoms with van der Waals surface area (Å²) in [6, 6.07) is 4.64. The second-order valence-corrected chi connectivity index (χ2v) is 6.18. The fourth-order valence-electron chi connectivity index (χ4n) is 3.05. The normalized spacial score (nSPS) is 21.2. The minimum Gasteiger partial charge on any atom is -0.481 e. The molecule has 0 bridgehead atoms. The molecular weight excluding hydrogens is 293 g/mol. The number of carboxylic acid groups (broad SMARTS) is 1. The Labute approximate surface area is 129 Å². The molecular formula is C16H21ClFNO2. The van der Waals surface area contributed by atoms with Crippen LogP contribution in [0.1, 0.15) is 44.2 Å². The van der Waals surface area contributed by atoms with Gasteiger partial charge in [-0.25, -0.2) is 4.39 Å². The number of hydrogen-bond donors (Lipinski definition) is 1. The van der Waals surface area contributed by atoms with Crippen molar-refractivity contribution >= 4 is 17.6 Å². The quantitative estimate of drug-likeness (QED) is 0.889. The molecule has 21 heavy (non-hydrogen) atoms. The van der Waals surface area contributed by atoms with E-state index in [0.29, 0.717) is 10.9 Å². The number of carboxylic acids is 1. The molecule has 0 radical (unpaired) electrons. The maximum atomic E-state index is 13.1. The molecule has 1 aromatic carbocycles. The zero-order chi connectivity index (χ0) is 15.4. The second kappa shape index (κ2) is 7.23. The minimum absolute atomic E-state index is 0.116. The number of hydrogen-bond acceptors (Lipinski definition) is 2. The molecule has 3 nitrogen and oxygen atoms in total. The van der Waals surface area contributed by atoms with Gasteiger partial charge in [-0.1, -0.05) is 17.7 Å². The van der Waals surface area contributed by atoms with Gasteiger partial charge in [0, 0.05) is 24.0 Å². The molecule has 0 aromatic heterocycles. The summed E-state index contributed by atoms with van der Waals surface area (Å²) in [6.45, 7) is 3.92. The van der Waals surface area contributed by atoms with Gasteiger partial charge in [0.05, 0.1) is 0 Å². The highest BCUT2D eigenvalue weighted by atomic mass is 35.5. The SMILES string of the molecule is CC(c1ccc(F)cc1Cl)N1CCCC(CCC(=O)O)C1. The van der Waals surface area contributed by atoms with Crippen LogP contribution in [0.4, 0.5) is 4.39 Å². The summed E-state index contributed by atoms with van der Waals surface area (Å²) in [4.78, 5) is 13.0. The van der Waals surface area contributed by atoms with Crippen molar-refractivity contribution < 1.29 is 14.3 Å². The van der Waals surface area contributed by atoms with Crippen LogP contribution in [-0.4, -0.2) is 29.1 Å². The molecule has 0 spiro atoms. The van der Waals surface area contributed by atoms with Gasteiger partial charge in [-0.3, -0.25) is 9.69 Å². The van der Waals surface area contributed by atoms with E-state index in [-0.39, 0.29) is 18.3 Å². The van der Waals surface area contributed by atoms with Crippen LogP contribution in [-0.2, 0) is 4.79 Å². The van der Waals surface area contributed by atoms with Crippen molar-refractivity contribution in [3.8, 4) is 0 Å². The number of rotatable bonds is 5. The average Bonchev–Trinajstić information content (AvgIpc) is 2.45. The lowest BCUT2D eigenvalue weighted by atomic mass is 9.91. The second-order valence-electron chi connectivity index (χ2n) is 5.78. The number of carbonyl (C=O) groups is 1. The predicted octanol–water partition coefficient (Wildman–Crippen LogP) is 4.12. The number of aliphatic carboxylic acids is 1. The highest BCUT2D eigenvalue weighted by Crippen LogP contribution is 2.32. The number of likely N-dealkylation sites (tertiary alicyclic amines) is 1. The number of benzene rings is 1. The molecule has 5 heteroatoms. The zero-order valence-electron chi connectivity index (χ0n) is 12.2. The monoisotopic (exact) mass is 313 g/mol. The first-order valence-corrected chi connectivity index (χ1v) is 7.76. The van der Waals surface area contributed by atoms with Gasteiger partial charge in [0.1, 0.15) is 5.82 Å². The van der Waals surface area contributed by atoms with Gasteiger partial charge in [0.2, 0.25) is 0 Å². The zero-order valence-corrected chi connectivity index (χ0v) is 12.9. The van der Waals surface area contributed by atoms with Crippen LogP contribution in [0.5, 0.6) is 0 Å². The van der Waals surface area contributed by atoms with Crippen LogP contribution in [0.15, 0.2) is 18.2 Å². The largest absolute Gasteiger partial charge is 0.481 e. The fraction of sp³-hybridized carbons (Fsp3) is 0.562. The van der Waals surface area contributed by atoms with Crippen molar-refractivity contribution in [2.75, 3.05) is 13.1 Å². The summed E-state index contributed by atoms with van der Waals surface area (Å²) in [6.07, 6.45) is 3.08. The van der Waals surface area contributed by atoms with Gasteiger partial charge in [0.15, 0.2) is 0 Å². The molecule has 0 saturated carbocycles. The van der Waals surface area contributed by atoms with Crippen LogP contribution in [0, 0.1) is 11.7 Å². The van der Waals surface area contributed by atoms with Crippen molar-refractivity contribution in [2.24, 2.45) is 5.92 Å². The minimum atomic E-state index is -0.734. The summed E-state index contributed by atoms with van der Waals surface area (Å²) in [5.41, 5.74) is 0.928. The molecule has 116 valence electrons. The Hall–Kier alpha value is -1.13. The molecule has 2 unspecified atom stereocenters. The Kier molecular flexibility index (Phi) is 5.59. The maximum Gasteiger partial charge on any atom is 0.303 e. The molecule has 1 fully saturated rings. The molecule has 0 amide bonds. The smallest absolute Gasteiger partial charge is 0.303 e. The molecule has 1 aliphatic rings. The third kappa shape index (κ3) is 4.42. The van der Waals surface area contributed by atoms with E-state index in [1.165, 1.54) is 12.1 Å². The van der Waals surface area contributed by atoms with Crippen molar-refractivity contribution in [2.45, 2.75) is 38.6 Å². The molecule has 2 rings (SSSR count). The van der Waals surface area contributed by atoms with Gasteiger partial charge < -0.3 is 5.11 Å². The lowest BCUT2D eigenvalue weighted by molar-refractivity contribution is -0.137. The molecule has 1 N–H and O–H groups in total. The van der Waals surface area contributed by atoms with E-state index in [9.17, 15) is 9.18 Å². The Morgan fingerprint density at radius 3 is 3.00 bits per heavy atom. The van der Waals surface area contributed by atoms with E-state index in [1.54, 1.807) is 6.07 Å². The van der Waals surface area contributed by atoms with Crippen molar-refractivity contribution in [1.82, 2.24) is 4.90 Å². The number of halogens is 2. The lowest BCUT2D eigenvalue weighted by Crippen LogP contribution is -2.37. The molecule has 1 aromatic rings. The number of piperidine rings is 1. The Morgan fingerprint density at radius 1 is 1.57 bits per heavy atom. The van der Waals surface area contributed by atoms with Crippen LogP contribution in [0.25, 0.3) is 0 Å². The van der Waals surface area contributed by atoms with Gasteiger partial charge in [0.25, 0.3) is 0 Å². The molecule has 1 heterocycles. The highest BCUT2D eigenvalue weighted by Gasteiger charge is 2.25. The van der Waals surface area contributed by atoms with Crippen molar-refractivity contribution in [1.29, 1.82) is 0 Å². The molecule has 1 aliphatic heterocycles. The summed E-state index contributed by atoms with van der Waals surface area (Å²) in [7, 11) is 0. The number of nitrogens with zero attached hydrogens (tertiary/aromatic N) is 1. The highest BCUT2D eigenvalue weighted by molar-refractivity contribution is 6.31. The van der Waals surface area contributed by atoms with Gasteiger partial charge in [-0.15, -0.1) is 0 Å². The van der Waals surface area contributed by atoms with Gasteiger partial charge >= 0.3 is 5.97 Å². The van der Waals surface area contributed by atoms with E-state index in [0.717, 1.165) is 37.9 Å². The summed E-state index contributed by atoms with van der Waals surface area (Å²) < 4.78 is 13.1. The molecule has 1 saturated heterocycles.